The van der Waals surface area contributed by atoms with E-state index in [2.05, 4.69) is 20.4 Å². The average molecular weight is 307 g/mol. The van der Waals surface area contributed by atoms with E-state index in [1.54, 1.807) is 7.05 Å². The second-order valence-corrected chi connectivity index (χ2v) is 4.95. The second kappa shape index (κ2) is 9.65. The number of benzene rings is 1. The molecule has 1 atom stereocenters. The third kappa shape index (κ3) is 6.97. The summed E-state index contributed by atoms with van der Waals surface area (Å²) in [5, 5.41) is 6.20. The third-order valence-corrected chi connectivity index (χ3v) is 2.96. The van der Waals surface area contributed by atoms with Gasteiger partial charge in [0.1, 0.15) is 11.9 Å². The van der Waals surface area contributed by atoms with Crippen molar-refractivity contribution in [1.29, 1.82) is 0 Å². The van der Waals surface area contributed by atoms with Gasteiger partial charge in [0.15, 0.2) is 5.96 Å². The molecule has 0 aromatic heterocycles. The summed E-state index contributed by atoms with van der Waals surface area (Å²) in [6, 6.07) is 7.94. The summed E-state index contributed by atoms with van der Waals surface area (Å²) in [6.07, 6.45) is 0.285. The van der Waals surface area contributed by atoms with E-state index in [1.165, 1.54) is 7.11 Å². The lowest BCUT2D eigenvalue weighted by atomic mass is 10.2. The SMILES string of the molecule is CN=C(NCCC(=O)OC)NCC(C)Oc1cccc(C)c1. The third-order valence-electron chi connectivity index (χ3n) is 2.96. The number of ether oxygens (including phenoxy) is 2. The quantitative estimate of drug-likeness (QED) is 0.454. The van der Waals surface area contributed by atoms with E-state index in [4.69, 9.17) is 4.74 Å². The number of guanidine groups is 1. The summed E-state index contributed by atoms with van der Waals surface area (Å²) in [4.78, 5) is 15.1. The highest BCUT2D eigenvalue weighted by Gasteiger charge is 2.06. The van der Waals surface area contributed by atoms with Gasteiger partial charge in [-0.15, -0.1) is 0 Å². The first-order valence-electron chi connectivity index (χ1n) is 7.29. The monoisotopic (exact) mass is 307 g/mol. The van der Waals surface area contributed by atoms with E-state index in [9.17, 15) is 4.79 Å². The Hall–Kier alpha value is -2.24. The van der Waals surface area contributed by atoms with Crippen molar-refractivity contribution >= 4 is 11.9 Å². The van der Waals surface area contributed by atoms with Gasteiger partial charge in [-0.05, 0) is 31.5 Å². The molecule has 122 valence electrons. The molecule has 2 N–H and O–H groups in total. The molecule has 0 radical (unpaired) electrons. The molecule has 22 heavy (non-hydrogen) atoms. The van der Waals surface area contributed by atoms with Gasteiger partial charge in [-0.1, -0.05) is 12.1 Å². The van der Waals surface area contributed by atoms with Gasteiger partial charge in [-0.25, -0.2) is 0 Å². The molecule has 0 aliphatic heterocycles. The summed E-state index contributed by atoms with van der Waals surface area (Å²) in [5.41, 5.74) is 1.16. The van der Waals surface area contributed by atoms with Crippen LogP contribution in [0, 0.1) is 6.92 Å². The Bertz CT molecular complexity index is 503. The standard InChI is InChI=1S/C16H25N3O3/c1-12-6-5-7-14(10-12)22-13(2)11-19-16(17-3)18-9-8-15(20)21-4/h5-7,10,13H,8-9,11H2,1-4H3,(H2,17,18,19). The number of carbonyl (C=O) groups is 1. The Morgan fingerprint density at radius 2 is 2.14 bits per heavy atom. The molecule has 0 aliphatic rings. The van der Waals surface area contributed by atoms with Crippen LogP contribution in [0.3, 0.4) is 0 Å². The lowest BCUT2D eigenvalue weighted by Crippen LogP contribution is -2.42. The van der Waals surface area contributed by atoms with E-state index in [-0.39, 0.29) is 12.1 Å². The van der Waals surface area contributed by atoms with Crippen LogP contribution in [0.15, 0.2) is 29.3 Å². The number of aryl methyl sites for hydroxylation is 1. The normalized spacial score (nSPS) is 12.5. The first-order valence-corrected chi connectivity index (χ1v) is 7.29. The lowest BCUT2D eigenvalue weighted by molar-refractivity contribution is -0.140. The number of nitrogens with one attached hydrogen (secondary N) is 2. The smallest absolute Gasteiger partial charge is 0.307 e. The van der Waals surface area contributed by atoms with Crippen LogP contribution in [-0.4, -0.2) is 45.3 Å². The highest BCUT2D eigenvalue weighted by molar-refractivity contribution is 5.80. The Balaban J connectivity index is 2.32. The fourth-order valence-corrected chi connectivity index (χ4v) is 1.81. The summed E-state index contributed by atoms with van der Waals surface area (Å²) < 4.78 is 10.4. The molecular formula is C16H25N3O3. The molecule has 6 heteroatoms. The van der Waals surface area contributed by atoms with Gasteiger partial charge in [0.25, 0.3) is 0 Å². The number of nitrogens with zero attached hydrogens (tertiary/aromatic N) is 1. The predicted molar refractivity (Wildman–Crippen MR) is 87.3 cm³/mol. The predicted octanol–water partition coefficient (Wildman–Crippen LogP) is 1.49. The number of hydrogen-bond acceptors (Lipinski definition) is 4. The molecule has 0 saturated heterocycles. The number of methoxy groups -OCH3 is 1. The second-order valence-electron chi connectivity index (χ2n) is 4.95. The van der Waals surface area contributed by atoms with Crippen molar-refractivity contribution in [2.45, 2.75) is 26.4 Å². The Kier molecular flexibility index (Phi) is 7.81. The number of esters is 1. The molecule has 0 fully saturated rings. The van der Waals surface area contributed by atoms with Crippen LogP contribution in [0.25, 0.3) is 0 Å². The van der Waals surface area contributed by atoms with E-state index in [0.717, 1.165) is 11.3 Å². The van der Waals surface area contributed by atoms with Crippen LogP contribution in [0.4, 0.5) is 0 Å². The Labute approximate surface area is 131 Å². The van der Waals surface area contributed by atoms with Crippen molar-refractivity contribution in [3.05, 3.63) is 29.8 Å². The van der Waals surface area contributed by atoms with Crippen LogP contribution in [-0.2, 0) is 9.53 Å². The molecule has 1 aromatic carbocycles. The minimum Gasteiger partial charge on any atom is -0.489 e. The van der Waals surface area contributed by atoms with Crippen LogP contribution in [0.5, 0.6) is 5.75 Å². The lowest BCUT2D eigenvalue weighted by Gasteiger charge is -2.18. The zero-order valence-corrected chi connectivity index (χ0v) is 13.7. The van der Waals surface area contributed by atoms with E-state index < -0.39 is 0 Å². The molecule has 0 saturated carbocycles. The minimum absolute atomic E-state index is 0.0130. The fourth-order valence-electron chi connectivity index (χ4n) is 1.81. The van der Waals surface area contributed by atoms with Crippen LogP contribution < -0.4 is 15.4 Å². The van der Waals surface area contributed by atoms with Crippen LogP contribution >= 0.6 is 0 Å². The maximum atomic E-state index is 11.0. The zero-order chi connectivity index (χ0) is 16.4. The maximum Gasteiger partial charge on any atom is 0.307 e. The van der Waals surface area contributed by atoms with Crippen molar-refractivity contribution in [1.82, 2.24) is 10.6 Å². The van der Waals surface area contributed by atoms with E-state index in [1.807, 2.05) is 38.1 Å². The van der Waals surface area contributed by atoms with Crippen molar-refractivity contribution < 1.29 is 14.3 Å². The summed E-state index contributed by atoms with van der Waals surface area (Å²) in [5.74, 6) is 1.23. The summed E-state index contributed by atoms with van der Waals surface area (Å²) in [7, 11) is 3.05. The number of hydrogen-bond donors (Lipinski definition) is 2. The van der Waals surface area contributed by atoms with Gasteiger partial charge in [0, 0.05) is 13.6 Å². The van der Waals surface area contributed by atoms with Crippen LogP contribution in [0.2, 0.25) is 0 Å². The highest BCUT2D eigenvalue weighted by atomic mass is 16.5. The highest BCUT2D eigenvalue weighted by Crippen LogP contribution is 2.13. The largest absolute Gasteiger partial charge is 0.489 e. The first-order chi connectivity index (χ1) is 10.5. The van der Waals surface area contributed by atoms with Gasteiger partial charge in [0.2, 0.25) is 0 Å². The van der Waals surface area contributed by atoms with Gasteiger partial charge in [-0.3, -0.25) is 9.79 Å². The molecule has 0 heterocycles. The summed E-state index contributed by atoms with van der Waals surface area (Å²) in [6.45, 7) is 5.09. The molecule has 1 rings (SSSR count). The maximum absolute atomic E-state index is 11.0. The Morgan fingerprint density at radius 3 is 2.77 bits per heavy atom. The van der Waals surface area contributed by atoms with Gasteiger partial charge >= 0.3 is 5.97 Å². The van der Waals surface area contributed by atoms with Crippen molar-refractivity contribution in [3.63, 3.8) is 0 Å². The molecule has 0 aliphatic carbocycles. The number of rotatable bonds is 7. The van der Waals surface area contributed by atoms with Gasteiger partial charge in [0.05, 0.1) is 20.1 Å². The number of carbonyl (C=O) groups excluding carboxylic acids is 1. The topological polar surface area (TPSA) is 72.0 Å². The molecule has 1 aromatic rings. The zero-order valence-electron chi connectivity index (χ0n) is 13.7. The van der Waals surface area contributed by atoms with Crippen molar-refractivity contribution in [2.24, 2.45) is 4.99 Å². The van der Waals surface area contributed by atoms with E-state index in [0.29, 0.717) is 25.5 Å². The van der Waals surface area contributed by atoms with Gasteiger partial charge < -0.3 is 20.1 Å². The fraction of sp³-hybridized carbons (Fsp3) is 0.500. The molecule has 1 unspecified atom stereocenters. The minimum atomic E-state index is -0.251. The average Bonchev–Trinajstić information content (AvgIpc) is 2.50. The van der Waals surface area contributed by atoms with Gasteiger partial charge in [-0.2, -0.15) is 0 Å². The number of aliphatic imine (C=N–C) groups is 1. The van der Waals surface area contributed by atoms with E-state index >= 15 is 0 Å². The molecule has 0 amide bonds. The summed E-state index contributed by atoms with van der Waals surface area (Å²) >= 11 is 0. The molecule has 6 nitrogen and oxygen atoms in total. The molecular weight excluding hydrogens is 282 g/mol. The Morgan fingerprint density at radius 1 is 1.36 bits per heavy atom. The first kappa shape index (κ1) is 17.8. The molecule has 0 spiro atoms. The van der Waals surface area contributed by atoms with Crippen molar-refractivity contribution in [2.75, 3.05) is 27.2 Å². The van der Waals surface area contributed by atoms with Crippen LogP contribution in [0.1, 0.15) is 18.9 Å². The van der Waals surface area contributed by atoms with Crippen molar-refractivity contribution in [3.8, 4) is 5.75 Å². The molecule has 0 bridgehead atoms.